The lowest BCUT2D eigenvalue weighted by molar-refractivity contribution is -0.886. The van der Waals surface area contributed by atoms with E-state index in [9.17, 15) is 0 Å². The van der Waals surface area contributed by atoms with Gasteiger partial charge in [-0.05, 0) is 0 Å². The molecule has 4 heteroatoms. The van der Waals surface area contributed by atoms with E-state index in [0.717, 1.165) is 5.76 Å². The first kappa shape index (κ1) is 8.46. The minimum atomic E-state index is -0.0894. The van der Waals surface area contributed by atoms with Crippen molar-refractivity contribution in [2.75, 3.05) is 0 Å². The summed E-state index contributed by atoms with van der Waals surface area (Å²) in [5, 5.41) is 8.42. The van der Waals surface area contributed by atoms with Crippen LogP contribution in [-0.4, -0.2) is 5.11 Å². The number of hydrogen-bond acceptors (Lipinski definition) is 2. The van der Waals surface area contributed by atoms with E-state index in [1.807, 2.05) is 6.92 Å². The van der Waals surface area contributed by atoms with Crippen LogP contribution in [0.1, 0.15) is 5.76 Å². The normalized spacial score (nSPS) is 8.67. The Balaban J connectivity index is 0.000000640. The van der Waals surface area contributed by atoms with E-state index in [1.165, 1.54) is 4.74 Å². The number of aliphatic hydroxyl groups excluding tert-OH is 1. The average Bonchev–Trinajstić information content (AvgIpc) is 2.14. The molecule has 0 amide bonds. The molecule has 0 unspecified atom stereocenters. The molecule has 1 N–H and O–H groups in total. The Bertz CT molecular complexity index is 175. The minimum absolute atomic E-state index is 0. The molecular formula is C5H8ClNO2. The maximum absolute atomic E-state index is 8.42. The molecule has 0 aliphatic carbocycles. The van der Waals surface area contributed by atoms with Gasteiger partial charge in [-0.3, -0.25) is 0 Å². The molecule has 0 aromatic carbocycles. The van der Waals surface area contributed by atoms with Gasteiger partial charge in [0.05, 0.1) is 6.07 Å². The van der Waals surface area contributed by atoms with Crippen LogP contribution < -0.4 is 17.1 Å². The molecule has 52 valence electrons. The fourth-order valence-electron chi connectivity index (χ4n) is 0.510. The zero-order valence-corrected chi connectivity index (χ0v) is 5.80. The van der Waals surface area contributed by atoms with E-state index >= 15 is 0 Å². The van der Waals surface area contributed by atoms with Gasteiger partial charge in [0.2, 0.25) is 6.20 Å². The third-order valence-electron chi connectivity index (χ3n) is 0.876. The van der Waals surface area contributed by atoms with E-state index in [4.69, 9.17) is 9.63 Å². The van der Waals surface area contributed by atoms with Crippen LogP contribution in [0.15, 0.2) is 16.8 Å². The number of nitrogens with zero attached hydrogens (tertiary/aromatic N) is 1. The molecule has 0 saturated heterocycles. The summed E-state index contributed by atoms with van der Waals surface area (Å²) in [6.45, 7) is 1.74. The Morgan fingerprint density at radius 3 is 2.67 bits per heavy atom. The van der Waals surface area contributed by atoms with Gasteiger partial charge < -0.3 is 17.5 Å². The van der Waals surface area contributed by atoms with E-state index in [2.05, 4.69) is 0 Å². The lowest BCUT2D eigenvalue weighted by atomic mass is 10.5. The van der Waals surface area contributed by atoms with Crippen LogP contribution in [0.2, 0.25) is 0 Å². The quantitative estimate of drug-likeness (QED) is 0.428. The molecule has 3 nitrogen and oxygen atoms in total. The van der Waals surface area contributed by atoms with Crippen LogP contribution in [0.5, 0.6) is 0 Å². The molecule has 1 aromatic heterocycles. The highest BCUT2D eigenvalue weighted by Gasteiger charge is 1.99. The Kier molecular flexibility index (Phi) is 3.27. The molecule has 9 heavy (non-hydrogen) atoms. The van der Waals surface area contributed by atoms with Gasteiger partial charge in [-0.2, -0.15) is 0 Å². The van der Waals surface area contributed by atoms with Gasteiger partial charge in [0, 0.05) is 11.7 Å². The minimum Gasteiger partial charge on any atom is -1.00 e. The standard InChI is InChI=1S/C5H8NO2.ClH/c1-5-2-3-6(4-7)8-5;/h2-3,7H,4H2,1H3;1H/q+1;/p-1. The van der Waals surface area contributed by atoms with Gasteiger partial charge in [-0.15, -0.1) is 0 Å². The van der Waals surface area contributed by atoms with Crippen molar-refractivity contribution in [3.8, 4) is 0 Å². The SMILES string of the molecule is Cc1cc[n+](CO)o1.[Cl-]. The van der Waals surface area contributed by atoms with E-state index < -0.39 is 0 Å². The van der Waals surface area contributed by atoms with Gasteiger partial charge in [-0.1, -0.05) is 0 Å². The van der Waals surface area contributed by atoms with Crippen LogP contribution >= 0.6 is 0 Å². The van der Waals surface area contributed by atoms with Crippen molar-refractivity contribution in [1.29, 1.82) is 0 Å². The Morgan fingerprint density at radius 2 is 2.44 bits per heavy atom. The second-order valence-corrected chi connectivity index (χ2v) is 1.58. The van der Waals surface area contributed by atoms with Crippen molar-refractivity contribution in [2.45, 2.75) is 13.7 Å². The Morgan fingerprint density at radius 1 is 1.78 bits per heavy atom. The molecule has 1 rings (SSSR count). The maximum Gasteiger partial charge on any atom is 0.294 e. The topological polar surface area (TPSA) is 37.2 Å². The van der Waals surface area contributed by atoms with Crippen molar-refractivity contribution in [2.24, 2.45) is 0 Å². The summed E-state index contributed by atoms with van der Waals surface area (Å²) in [5.41, 5.74) is 0. The first-order valence-electron chi connectivity index (χ1n) is 2.40. The summed E-state index contributed by atoms with van der Waals surface area (Å²) in [4.78, 5) is 0. The summed E-state index contributed by atoms with van der Waals surface area (Å²) >= 11 is 0. The van der Waals surface area contributed by atoms with Crippen molar-refractivity contribution in [3.63, 3.8) is 0 Å². The number of aliphatic hydroxyl groups is 1. The van der Waals surface area contributed by atoms with Crippen molar-refractivity contribution in [1.82, 2.24) is 0 Å². The van der Waals surface area contributed by atoms with Crippen molar-refractivity contribution >= 4 is 0 Å². The highest BCUT2D eigenvalue weighted by Crippen LogP contribution is 1.87. The van der Waals surface area contributed by atoms with Crippen LogP contribution in [0.4, 0.5) is 0 Å². The van der Waals surface area contributed by atoms with Gasteiger partial charge in [-0.25, -0.2) is 4.52 Å². The van der Waals surface area contributed by atoms with Crippen LogP contribution in [0.25, 0.3) is 0 Å². The first-order valence-corrected chi connectivity index (χ1v) is 2.40. The fourth-order valence-corrected chi connectivity index (χ4v) is 0.510. The number of aromatic nitrogens is 1. The zero-order chi connectivity index (χ0) is 5.98. The van der Waals surface area contributed by atoms with Crippen molar-refractivity contribution in [3.05, 3.63) is 18.0 Å². The highest BCUT2D eigenvalue weighted by molar-refractivity contribution is 4.84. The summed E-state index contributed by atoms with van der Waals surface area (Å²) in [6, 6.07) is 1.79. The largest absolute Gasteiger partial charge is 1.00 e. The summed E-state index contributed by atoms with van der Waals surface area (Å²) < 4.78 is 6.24. The van der Waals surface area contributed by atoms with Gasteiger partial charge in [0.1, 0.15) is 0 Å². The third-order valence-corrected chi connectivity index (χ3v) is 0.876. The molecule has 0 spiro atoms. The molecule has 0 atom stereocenters. The lowest BCUT2D eigenvalue weighted by Crippen LogP contribution is -3.00. The van der Waals surface area contributed by atoms with E-state index in [0.29, 0.717) is 0 Å². The van der Waals surface area contributed by atoms with Crippen LogP contribution in [0.3, 0.4) is 0 Å². The van der Waals surface area contributed by atoms with Crippen molar-refractivity contribution < 1.29 is 26.8 Å². The second-order valence-electron chi connectivity index (χ2n) is 1.58. The highest BCUT2D eigenvalue weighted by atomic mass is 35.5. The smallest absolute Gasteiger partial charge is 0.294 e. The molecule has 1 heterocycles. The Hall–Kier alpha value is -0.540. The molecule has 0 radical (unpaired) electrons. The summed E-state index contributed by atoms with van der Waals surface area (Å²) in [7, 11) is 0. The van der Waals surface area contributed by atoms with Gasteiger partial charge in [0.15, 0.2) is 5.76 Å². The zero-order valence-electron chi connectivity index (χ0n) is 5.04. The summed E-state index contributed by atoms with van der Waals surface area (Å²) in [5.74, 6) is 0.805. The monoisotopic (exact) mass is 149 g/mol. The molecule has 0 aliphatic rings. The third kappa shape index (κ3) is 2.03. The van der Waals surface area contributed by atoms with Gasteiger partial charge >= 0.3 is 0 Å². The molecule has 1 aromatic rings. The molecule has 0 fully saturated rings. The van der Waals surface area contributed by atoms with E-state index in [1.54, 1.807) is 12.3 Å². The number of halogens is 1. The predicted octanol–water partition coefficient (Wildman–Crippen LogP) is -3.17. The predicted molar refractivity (Wildman–Crippen MR) is 25.9 cm³/mol. The molecule has 0 saturated carbocycles. The molecule has 0 bridgehead atoms. The molecular weight excluding hydrogens is 142 g/mol. The summed E-state index contributed by atoms with van der Waals surface area (Å²) in [6.07, 6.45) is 1.68. The molecule has 0 aliphatic heterocycles. The van der Waals surface area contributed by atoms with Gasteiger partial charge in [0.25, 0.3) is 6.73 Å². The van der Waals surface area contributed by atoms with E-state index in [-0.39, 0.29) is 19.1 Å². The lowest BCUT2D eigenvalue weighted by Gasteiger charge is -1.74. The first-order chi connectivity index (χ1) is 3.83. The number of rotatable bonds is 1. The number of hydrogen-bond donors (Lipinski definition) is 1. The van der Waals surface area contributed by atoms with Crippen LogP contribution in [-0.2, 0) is 6.73 Å². The fraction of sp³-hybridized carbons (Fsp3) is 0.400. The maximum atomic E-state index is 8.42. The Labute approximate surface area is 59.3 Å². The second kappa shape index (κ2) is 3.48. The number of aryl methyl sites for hydroxylation is 1. The van der Waals surface area contributed by atoms with Crippen LogP contribution in [0, 0.1) is 6.92 Å². The average molecular weight is 150 g/mol.